The van der Waals surface area contributed by atoms with Crippen molar-refractivity contribution in [3.05, 3.63) is 149 Å². The van der Waals surface area contributed by atoms with Gasteiger partial charge in [-0.3, -0.25) is 4.79 Å². The highest BCUT2D eigenvalue weighted by molar-refractivity contribution is 6.24. The molecule has 176 valence electrons. The lowest BCUT2D eigenvalue weighted by Gasteiger charge is -2.47. The van der Waals surface area contributed by atoms with E-state index in [1.54, 1.807) is 0 Å². The lowest BCUT2D eigenvalue weighted by atomic mass is 9.68. The van der Waals surface area contributed by atoms with Crippen molar-refractivity contribution in [2.24, 2.45) is 5.92 Å². The summed E-state index contributed by atoms with van der Waals surface area (Å²) in [7, 11) is 0. The Hall–Kier alpha value is -4.17. The summed E-state index contributed by atoms with van der Waals surface area (Å²) in [5, 5.41) is 0. The Labute approximate surface area is 213 Å². The summed E-state index contributed by atoms with van der Waals surface area (Å²) in [6.45, 7) is 4.95. The maximum atomic E-state index is 14.5. The Morgan fingerprint density at radius 3 is 1.61 bits per heavy atom. The first-order valence-corrected chi connectivity index (χ1v) is 12.6. The fourth-order valence-electron chi connectivity index (χ4n) is 6.18. The van der Waals surface area contributed by atoms with Gasteiger partial charge in [-0.05, 0) is 34.8 Å². The molecule has 0 amide bonds. The molecule has 2 aliphatic rings. The van der Waals surface area contributed by atoms with Crippen molar-refractivity contribution in [1.82, 2.24) is 4.90 Å². The maximum Gasteiger partial charge on any atom is 0.172 e. The molecule has 0 radical (unpaired) electrons. The van der Waals surface area contributed by atoms with Gasteiger partial charge in [-0.1, -0.05) is 128 Å². The molecule has 0 aromatic heterocycles. The Morgan fingerprint density at radius 1 is 0.639 bits per heavy atom. The van der Waals surface area contributed by atoms with Crippen LogP contribution in [0.1, 0.15) is 36.1 Å². The molecular formula is C34H29NO. The molecule has 0 unspecified atom stereocenters. The largest absolute Gasteiger partial charge is 0.354 e. The number of allylic oxidation sites excluding steroid dienone is 3. The summed E-state index contributed by atoms with van der Waals surface area (Å²) in [5.41, 5.74) is 8.03. The number of benzene rings is 4. The minimum absolute atomic E-state index is 0.0917. The van der Waals surface area contributed by atoms with E-state index >= 15 is 0 Å². The third-order valence-corrected chi connectivity index (χ3v) is 7.67. The summed E-state index contributed by atoms with van der Waals surface area (Å²) < 4.78 is 0. The van der Waals surface area contributed by atoms with Gasteiger partial charge in [0.05, 0.1) is 0 Å². The first-order chi connectivity index (χ1) is 17.6. The van der Waals surface area contributed by atoms with Crippen LogP contribution < -0.4 is 0 Å². The van der Waals surface area contributed by atoms with Crippen LogP contribution in [0.2, 0.25) is 0 Å². The van der Waals surface area contributed by atoms with E-state index in [2.05, 4.69) is 128 Å². The zero-order valence-electron chi connectivity index (χ0n) is 20.7. The van der Waals surface area contributed by atoms with E-state index in [-0.39, 0.29) is 11.7 Å². The van der Waals surface area contributed by atoms with Crippen LogP contribution >= 0.6 is 0 Å². The number of ketones is 1. The van der Waals surface area contributed by atoms with Crippen LogP contribution in [0.25, 0.3) is 16.7 Å². The Kier molecular flexibility index (Phi) is 5.45. The van der Waals surface area contributed by atoms with Crippen molar-refractivity contribution in [1.29, 1.82) is 0 Å². The molecule has 1 fully saturated rings. The van der Waals surface area contributed by atoms with Crippen molar-refractivity contribution < 1.29 is 4.79 Å². The molecule has 0 aliphatic carbocycles. The summed E-state index contributed by atoms with van der Waals surface area (Å²) >= 11 is 0. The molecule has 4 aromatic rings. The first-order valence-electron chi connectivity index (χ1n) is 12.6. The van der Waals surface area contributed by atoms with Crippen LogP contribution in [0.5, 0.6) is 0 Å². The molecule has 2 aliphatic heterocycles. The van der Waals surface area contributed by atoms with Crippen LogP contribution in [0.3, 0.4) is 0 Å². The number of hydrogen-bond donors (Lipinski definition) is 0. The fourth-order valence-corrected chi connectivity index (χ4v) is 6.18. The van der Waals surface area contributed by atoms with Gasteiger partial charge in [0.2, 0.25) is 0 Å². The first kappa shape index (κ1) is 22.3. The zero-order chi connectivity index (χ0) is 24.7. The van der Waals surface area contributed by atoms with E-state index < -0.39 is 5.54 Å². The molecule has 1 saturated heterocycles. The molecule has 0 spiro atoms. The van der Waals surface area contributed by atoms with Crippen molar-refractivity contribution in [3.8, 4) is 0 Å². The smallest absolute Gasteiger partial charge is 0.172 e. The van der Waals surface area contributed by atoms with Gasteiger partial charge in [-0.15, -0.1) is 0 Å². The van der Waals surface area contributed by atoms with E-state index in [4.69, 9.17) is 0 Å². The van der Waals surface area contributed by atoms with E-state index in [1.807, 2.05) is 12.1 Å². The van der Waals surface area contributed by atoms with Gasteiger partial charge in [-0.2, -0.15) is 0 Å². The van der Waals surface area contributed by atoms with Crippen molar-refractivity contribution in [2.75, 3.05) is 6.54 Å². The minimum Gasteiger partial charge on any atom is -0.354 e. The maximum absolute atomic E-state index is 14.5. The van der Waals surface area contributed by atoms with Crippen LogP contribution in [0, 0.1) is 5.92 Å². The summed E-state index contributed by atoms with van der Waals surface area (Å²) in [6.07, 6.45) is 0. The number of carbonyl (C=O) groups is 1. The van der Waals surface area contributed by atoms with Crippen molar-refractivity contribution in [3.63, 3.8) is 0 Å². The van der Waals surface area contributed by atoms with Gasteiger partial charge < -0.3 is 4.90 Å². The number of fused-ring (bicyclic) bond motifs is 1. The molecule has 0 saturated carbocycles. The summed E-state index contributed by atoms with van der Waals surface area (Å²) in [6, 6.07) is 42.0. The molecule has 4 aromatic carbocycles. The zero-order valence-corrected chi connectivity index (χ0v) is 20.7. The van der Waals surface area contributed by atoms with Gasteiger partial charge in [0, 0.05) is 29.3 Å². The third-order valence-electron chi connectivity index (χ3n) is 7.67. The number of Topliss-reactive ketones (excluding diaryl/α,β-unsaturated/α-hetero) is 1. The highest BCUT2D eigenvalue weighted by Crippen LogP contribution is 2.58. The minimum atomic E-state index is -0.893. The molecule has 0 bridgehead atoms. The van der Waals surface area contributed by atoms with Gasteiger partial charge in [0.15, 0.2) is 11.3 Å². The lowest BCUT2D eigenvalue weighted by Crippen LogP contribution is -2.48. The van der Waals surface area contributed by atoms with Crippen molar-refractivity contribution >= 4 is 22.5 Å². The molecule has 2 heteroatoms. The van der Waals surface area contributed by atoms with Gasteiger partial charge in [0.1, 0.15) is 0 Å². The van der Waals surface area contributed by atoms with Gasteiger partial charge >= 0.3 is 0 Å². The third kappa shape index (κ3) is 3.21. The second-order valence-corrected chi connectivity index (χ2v) is 9.76. The summed E-state index contributed by atoms with van der Waals surface area (Å²) in [5.74, 6) is 0.165. The Balaban J connectivity index is 1.83. The van der Waals surface area contributed by atoms with Crippen LogP contribution in [0.15, 0.2) is 127 Å². The second kappa shape index (κ2) is 8.80. The van der Waals surface area contributed by atoms with Crippen molar-refractivity contribution in [2.45, 2.75) is 19.4 Å². The predicted molar refractivity (Wildman–Crippen MR) is 148 cm³/mol. The van der Waals surface area contributed by atoms with E-state index in [1.165, 1.54) is 5.57 Å². The highest BCUT2D eigenvalue weighted by Gasteiger charge is 2.59. The molecule has 2 atom stereocenters. The number of hydrogen-bond acceptors (Lipinski definition) is 2. The molecule has 0 N–H and O–H groups in total. The van der Waals surface area contributed by atoms with E-state index in [9.17, 15) is 4.79 Å². The molecule has 2 nitrogen and oxygen atoms in total. The van der Waals surface area contributed by atoms with Gasteiger partial charge in [0.25, 0.3) is 0 Å². The highest BCUT2D eigenvalue weighted by atomic mass is 16.1. The summed E-state index contributed by atoms with van der Waals surface area (Å²) in [4.78, 5) is 16.9. The topological polar surface area (TPSA) is 20.3 Å². The van der Waals surface area contributed by atoms with E-state index in [0.717, 1.165) is 39.1 Å². The second-order valence-electron chi connectivity index (χ2n) is 9.76. The Morgan fingerprint density at radius 2 is 1.08 bits per heavy atom. The number of nitrogens with zero attached hydrogens (tertiary/aromatic N) is 1. The molecular weight excluding hydrogens is 438 g/mol. The molecule has 6 rings (SSSR count). The quantitative estimate of drug-likeness (QED) is 0.310. The SMILES string of the molecule is CC1=C(c2ccccc2)C(c2ccccc2)=C(c2ccccc2)[C@]2(c3ccccc3)C(=O)[C@@H](C)CN12. The van der Waals surface area contributed by atoms with E-state index in [0.29, 0.717) is 6.54 Å². The fraction of sp³-hybridized carbons (Fsp3) is 0.147. The molecule has 36 heavy (non-hydrogen) atoms. The Bertz CT molecular complexity index is 1470. The number of carbonyl (C=O) groups excluding carboxylic acids is 1. The lowest BCUT2D eigenvalue weighted by molar-refractivity contribution is -0.124. The van der Waals surface area contributed by atoms with Gasteiger partial charge in [-0.25, -0.2) is 0 Å². The monoisotopic (exact) mass is 467 g/mol. The van der Waals surface area contributed by atoms with Crippen LogP contribution in [0.4, 0.5) is 0 Å². The average Bonchev–Trinajstić information content (AvgIpc) is 3.22. The number of rotatable bonds is 4. The van der Waals surface area contributed by atoms with Crippen LogP contribution in [-0.2, 0) is 10.3 Å². The molecule has 2 heterocycles. The van der Waals surface area contributed by atoms with Crippen LogP contribution in [-0.4, -0.2) is 17.2 Å². The average molecular weight is 468 g/mol. The predicted octanol–water partition coefficient (Wildman–Crippen LogP) is 7.46. The standard InChI is InChI=1S/C34H29NO/c1-24-23-35-25(2)30(26-15-7-3-8-16-26)31(27-17-9-4-10-18-27)32(28-19-11-5-12-20-28)34(35,33(24)36)29-21-13-6-14-22-29/h3-22,24H,23H2,1-2H3/t24-,34+/m0/s1. The normalized spacial score (nSPS) is 21.7.